The van der Waals surface area contributed by atoms with Crippen molar-refractivity contribution in [3.05, 3.63) is 0 Å². The van der Waals surface area contributed by atoms with Crippen molar-refractivity contribution in [2.45, 2.75) is 38.3 Å². The lowest BCUT2D eigenvalue weighted by Crippen LogP contribution is -2.46. The average molecular weight is 154 g/mol. The van der Waals surface area contributed by atoms with Gasteiger partial charge in [0.15, 0.2) is 0 Å². The molecule has 11 heavy (non-hydrogen) atoms. The molecule has 1 heterocycles. The van der Waals surface area contributed by atoms with Crippen molar-refractivity contribution in [2.24, 2.45) is 5.92 Å². The molecule has 2 rings (SSSR count). The molecule has 1 unspecified atom stereocenters. The Morgan fingerprint density at radius 2 is 2.09 bits per heavy atom. The summed E-state index contributed by atoms with van der Waals surface area (Å²) in [6.45, 7) is 4.73. The lowest BCUT2D eigenvalue weighted by Gasteiger charge is -2.35. The van der Waals surface area contributed by atoms with Crippen LogP contribution in [0.3, 0.4) is 0 Å². The summed E-state index contributed by atoms with van der Waals surface area (Å²) in [4.78, 5) is 0. The highest BCUT2D eigenvalue weighted by Crippen LogP contribution is 2.26. The van der Waals surface area contributed by atoms with Crippen LogP contribution in [-0.2, 0) is 0 Å². The van der Waals surface area contributed by atoms with E-state index in [1.165, 1.54) is 32.4 Å². The molecule has 1 aliphatic heterocycles. The molecule has 0 bridgehead atoms. The molecule has 0 radical (unpaired) electrons. The van der Waals surface area contributed by atoms with Crippen molar-refractivity contribution in [1.82, 2.24) is 10.6 Å². The van der Waals surface area contributed by atoms with Crippen LogP contribution in [0.1, 0.15) is 26.2 Å². The SMILES string of the molecule is CC1CC(NC2CCNC2)C1. The van der Waals surface area contributed by atoms with E-state index >= 15 is 0 Å². The van der Waals surface area contributed by atoms with Gasteiger partial charge in [0.2, 0.25) is 0 Å². The molecule has 2 heteroatoms. The Labute approximate surface area is 68.7 Å². The largest absolute Gasteiger partial charge is 0.315 e. The minimum Gasteiger partial charge on any atom is -0.315 e. The molecule has 1 aliphatic carbocycles. The molecule has 2 N–H and O–H groups in total. The van der Waals surface area contributed by atoms with Crippen LogP contribution in [0.4, 0.5) is 0 Å². The summed E-state index contributed by atoms with van der Waals surface area (Å²) in [6, 6.07) is 1.61. The Morgan fingerprint density at radius 1 is 1.27 bits per heavy atom. The molecule has 0 amide bonds. The van der Waals surface area contributed by atoms with Crippen molar-refractivity contribution in [3.63, 3.8) is 0 Å². The fourth-order valence-corrected chi connectivity index (χ4v) is 2.17. The zero-order valence-electron chi connectivity index (χ0n) is 7.27. The van der Waals surface area contributed by atoms with Gasteiger partial charge in [-0.1, -0.05) is 6.92 Å². The monoisotopic (exact) mass is 154 g/mol. The molecule has 1 atom stereocenters. The van der Waals surface area contributed by atoms with E-state index in [2.05, 4.69) is 17.6 Å². The number of nitrogens with one attached hydrogen (secondary N) is 2. The lowest BCUT2D eigenvalue weighted by atomic mass is 9.81. The van der Waals surface area contributed by atoms with Gasteiger partial charge in [0.05, 0.1) is 0 Å². The van der Waals surface area contributed by atoms with Crippen LogP contribution < -0.4 is 10.6 Å². The number of rotatable bonds is 2. The van der Waals surface area contributed by atoms with Gasteiger partial charge in [-0.05, 0) is 31.7 Å². The summed E-state index contributed by atoms with van der Waals surface area (Å²) in [6.07, 6.45) is 4.12. The Morgan fingerprint density at radius 3 is 2.64 bits per heavy atom. The quantitative estimate of drug-likeness (QED) is 0.613. The Bertz CT molecular complexity index is 124. The van der Waals surface area contributed by atoms with Gasteiger partial charge in [-0.3, -0.25) is 0 Å². The van der Waals surface area contributed by atoms with Crippen molar-refractivity contribution >= 4 is 0 Å². The molecule has 0 aromatic rings. The number of hydrogen-bond donors (Lipinski definition) is 2. The third kappa shape index (κ3) is 1.74. The van der Waals surface area contributed by atoms with Crippen molar-refractivity contribution in [1.29, 1.82) is 0 Å². The summed E-state index contributed by atoms with van der Waals surface area (Å²) in [5, 5.41) is 7.06. The first-order valence-electron chi connectivity index (χ1n) is 4.81. The highest BCUT2D eigenvalue weighted by atomic mass is 15.1. The maximum Gasteiger partial charge on any atom is 0.0207 e. The molecule has 64 valence electrons. The molecule has 0 aromatic carbocycles. The van der Waals surface area contributed by atoms with Gasteiger partial charge in [0, 0.05) is 18.6 Å². The van der Waals surface area contributed by atoms with E-state index in [0.717, 1.165) is 18.0 Å². The predicted octanol–water partition coefficient (Wildman–Crippen LogP) is 0.736. The molecule has 1 saturated heterocycles. The van der Waals surface area contributed by atoms with E-state index in [1.54, 1.807) is 0 Å². The molecular formula is C9H18N2. The van der Waals surface area contributed by atoms with Gasteiger partial charge in [-0.15, -0.1) is 0 Å². The molecule has 2 aliphatic rings. The van der Waals surface area contributed by atoms with E-state index in [1.807, 2.05) is 0 Å². The molecule has 2 nitrogen and oxygen atoms in total. The topological polar surface area (TPSA) is 24.1 Å². The maximum atomic E-state index is 3.68. The summed E-state index contributed by atoms with van der Waals surface area (Å²) >= 11 is 0. The van der Waals surface area contributed by atoms with Crippen LogP contribution in [0.25, 0.3) is 0 Å². The third-order valence-corrected chi connectivity index (χ3v) is 2.91. The first kappa shape index (κ1) is 7.56. The van der Waals surface area contributed by atoms with Crippen LogP contribution in [-0.4, -0.2) is 25.2 Å². The van der Waals surface area contributed by atoms with Crippen LogP contribution in [0.2, 0.25) is 0 Å². The minimum atomic E-state index is 0.771. The van der Waals surface area contributed by atoms with Crippen molar-refractivity contribution in [3.8, 4) is 0 Å². The second-order valence-corrected chi connectivity index (χ2v) is 4.13. The van der Waals surface area contributed by atoms with E-state index < -0.39 is 0 Å². The summed E-state index contributed by atoms with van der Waals surface area (Å²) in [7, 11) is 0. The summed E-state index contributed by atoms with van der Waals surface area (Å²) in [5.41, 5.74) is 0. The first-order valence-corrected chi connectivity index (χ1v) is 4.81. The smallest absolute Gasteiger partial charge is 0.0207 e. The van der Waals surface area contributed by atoms with Crippen molar-refractivity contribution in [2.75, 3.05) is 13.1 Å². The van der Waals surface area contributed by atoms with E-state index in [-0.39, 0.29) is 0 Å². The second kappa shape index (κ2) is 3.11. The van der Waals surface area contributed by atoms with E-state index in [9.17, 15) is 0 Å². The van der Waals surface area contributed by atoms with Crippen molar-refractivity contribution < 1.29 is 0 Å². The van der Waals surface area contributed by atoms with Crippen LogP contribution in [0.15, 0.2) is 0 Å². The minimum absolute atomic E-state index is 0.771. The average Bonchev–Trinajstić information content (AvgIpc) is 2.36. The van der Waals surface area contributed by atoms with Gasteiger partial charge < -0.3 is 10.6 Å². The highest BCUT2D eigenvalue weighted by molar-refractivity contribution is 4.88. The Hall–Kier alpha value is -0.0800. The van der Waals surface area contributed by atoms with Gasteiger partial charge in [0.25, 0.3) is 0 Å². The Kier molecular flexibility index (Phi) is 2.14. The summed E-state index contributed by atoms with van der Waals surface area (Å²) < 4.78 is 0. The zero-order chi connectivity index (χ0) is 7.68. The van der Waals surface area contributed by atoms with E-state index in [0.29, 0.717) is 0 Å². The standard InChI is InChI=1S/C9H18N2/c1-7-4-9(5-7)11-8-2-3-10-6-8/h7-11H,2-6H2,1H3. The third-order valence-electron chi connectivity index (χ3n) is 2.91. The highest BCUT2D eigenvalue weighted by Gasteiger charge is 2.27. The molecule has 0 spiro atoms. The van der Waals surface area contributed by atoms with Crippen LogP contribution >= 0.6 is 0 Å². The summed E-state index contributed by atoms with van der Waals surface area (Å²) in [5.74, 6) is 0.974. The zero-order valence-corrected chi connectivity index (χ0v) is 7.27. The molecular weight excluding hydrogens is 136 g/mol. The fraction of sp³-hybridized carbons (Fsp3) is 1.00. The first-order chi connectivity index (χ1) is 5.34. The number of hydrogen-bond acceptors (Lipinski definition) is 2. The van der Waals surface area contributed by atoms with Gasteiger partial charge in [0.1, 0.15) is 0 Å². The Balaban J connectivity index is 1.66. The lowest BCUT2D eigenvalue weighted by molar-refractivity contribution is 0.225. The normalized spacial score (nSPS) is 43.9. The van der Waals surface area contributed by atoms with Gasteiger partial charge in [-0.25, -0.2) is 0 Å². The maximum absolute atomic E-state index is 3.68. The molecule has 0 aromatic heterocycles. The fourth-order valence-electron chi connectivity index (χ4n) is 2.17. The van der Waals surface area contributed by atoms with Gasteiger partial charge >= 0.3 is 0 Å². The van der Waals surface area contributed by atoms with Gasteiger partial charge in [-0.2, -0.15) is 0 Å². The van der Waals surface area contributed by atoms with Crippen LogP contribution in [0, 0.1) is 5.92 Å². The second-order valence-electron chi connectivity index (χ2n) is 4.13. The van der Waals surface area contributed by atoms with E-state index in [4.69, 9.17) is 0 Å². The van der Waals surface area contributed by atoms with Crippen LogP contribution in [0.5, 0.6) is 0 Å². The predicted molar refractivity (Wildman–Crippen MR) is 46.6 cm³/mol. The molecule has 1 saturated carbocycles. The molecule has 2 fully saturated rings.